The molecule has 0 N–H and O–H groups in total. The van der Waals surface area contributed by atoms with Gasteiger partial charge >= 0.3 is 0 Å². The SMILES string of the molecule is c1ccc(-c2cc(-c3ccc4c(ccc5ccccc54)c3)nc(-c3ccc(-c4ccc5c(c4)C4(c6ccccc6O5)c5ccccc5-c5ccccc54)cc3)n2)cc1. The maximum atomic E-state index is 6.68. The van der Waals surface area contributed by atoms with Gasteiger partial charge in [0.2, 0.25) is 0 Å². The normalized spacial score (nSPS) is 13.1. The summed E-state index contributed by atoms with van der Waals surface area (Å²) in [5.41, 5.74) is 14.0. The third-order valence-electron chi connectivity index (χ3n) is 12.2. The average molecular weight is 739 g/mol. The zero-order chi connectivity index (χ0) is 38.2. The van der Waals surface area contributed by atoms with Crippen LogP contribution >= 0.6 is 0 Å². The first-order chi connectivity index (χ1) is 28.7. The molecule has 0 bridgehead atoms. The zero-order valence-electron chi connectivity index (χ0n) is 31.4. The van der Waals surface area contributed by atoms with E-state index >= 15 is 0 Å². The first-order valence-electron chi connectivity index (χ1n) is 19.8. The summed E-state index contributed by atoms with van der Waals surface area (Å²) >= 11 is 0. The van der Waals surface area contributed by atoms with Crippen molar-refractivity contribution in [1.82, 2.24) is 9.97 Å². The number of aromatic nitrogens is 2. The van der Waals surface area contributed by atoms with Crippen molar-refractivity contribution in [2.45, 2.75) is 5.41 Å². The Labute approximate surface area is 336 Å². The molecule has 0 saturated carbocycles. The molecule has 12 rings (SSSR count). The summed E-state index contributed by atoms with van der Waals surface area (Å²) in [5, 5.41) is 4.92. The molecule has 1 aliphatic heterocycles. The van der Waals surface area contributed by atoms with Crippen LogP contribution < -0.4 is 4.74 Å². The van der Waals surface area contributed by atoms with Gasteiger partial charge in [0.15, 0.2) is 5.82 Å². The highest BCUT2D eigenvalue weighted by atomic mass is 16.5. The molecule has 0 saturated heterocycles. The average Bonchev–Trinajstić information content (AvgIpc) is 3.59. The Kier molecular flexibility index (Phi) is 7.14. The van der Waals surface area contributed by atoms with E-state index in [1.807, 2.05) is 6.07 Å². The third-order valence-corrected chi connectivity index (χ3v) is 12.2. The number of rotatable bonds is 4. The van der Waals surface area contributed by atoms with Crippen molar-refractivity contribution in [2.75, 3.05) is 0 Å². The van der Waals surface area contributed by atoms with Crippen LogP contribution in [0.15, 0.2) is 206 Å². The third kappa shape index (κ3) is 4.87. The molecule has 1 spiro atoms. The van der Waals surface area contributed by atoms with Crippen LogP contribution in [0.3, 0.4) is 0 Å². The molecule has 2 aliphatic rings. The second-order valence-corrected chi connectivity index (χ2v) is 15.3. The highest BCUT2D eigenvalue weighted by molar-refractivity contribution is 6.08. The second-order valence-electron chi connectivity index (χ2n) is 15.3. The number of ether oxygens (including phenoxy) is 1. The molecule has 1 aliphatic carbocycles. The lowest BCUT2D eigenvalue weighted by Crippen LogP contribution is -2.32. The van der Waals surface area contributed by atoms with Crippen molar-refractivity contribution in [3.05, 3.63) is 229 Å². The smallest absolute Gasteiger partial charge is 0.160 e. The minimum atomic E-state index is -0.509. The fourth-order valence-electron chi connectivity index (χ4n) is 9.50. The molecular formula is C55H34N2O. The van der Waals surface area contributed by atoms with E-state index in [9.17, 15) is 0 Å². The largest absolute Gasteiger partial charge is 0.457 e. The van der Waals surface area contributed by atoms with E-state index in [0.717, 1.165) is 56.3 Å². The first kappa shape index (κ1) is 32.6. The standard InChI is InChI=1S/C55H34N2O/c1-2-13-37(14-3-1)50-34-51(41-28-30-43-40(32-41)27-24-36-12-4-5-15-42(36)43)57-54(56-50)38-25-22-35(23-26-38)39-29-31-53-49(33-39)55(48-20-10-11-21-52(48)58-53)46-18-8-6-16-44(46)45-17-7-9-19-47(45)55/h1-34H. The Balaban J connectivity index is 0.972. The zero-order valence-corrected chi connectivity index (χ0v) is 31.4. The molecule has 0 radical (unpaired) electrons. The van der Waals surface area contributed by atoms with Crippen LogP contribution in [0, 0.1) is 0 Å². The summed E-state index contributed by atoms with van der Waals surface area (Å²) in [5.74, 6) is 2.47. The fraction of sp³-hybridized carbons (Fsp3) is 0.0182. The Morgan fingerprint density at radius 2 is 0.897 bits per heavy atom. The van der Waals surface area contributed by atoms with Gasteiger partial charge in [-0.05, 0) is 85.3 Å². The van der Waals surface area contributed by atoms with Gasteiger partial charge in [0.25, 0.3) is 0 Å². The Bertz CT molecular complexity index is 3210. The van der Waals surface area contributed by atoms with Gasteiger partial charge in [-0.15, -0.1) is 0 Å². The molecule has 0 amide bonds. The van der Waals surface area contributed by atoms with Gasteiger partial charge in [-0.1, -0.05) is 176 Å². The number of fused-ring (bicyclic) bond motifs is 12. The lowest BCUT2D eigenvalue weighted by molar-refractivity contribution is 0.436. The lowest BCUT2D eigenvalue weighted by Gasteiger charge is -2.39. The summed E-state index contributed by atoms with van der Waals surface area (Å²) in [7, 11) is 0. The summed E-state index contributed by atoms with van der Waals surface area (Å²) in [6, 6.07) is 73.7. The molecule has 3 heteroatoms. The molecule has 0 unspecified atom stereocenters. The maximum Gasteiger partial charge on any atom is 0.160 e. The van der Waals surface area contributed by atoms with Gasteiger partial charge in [0.05, 0.1) is 16.8 Å². The summed E-state index contributed by atoms with van der Waals surface area (Å²) in [4.78, 5) is 10.4. The van der Waals surface area contributed by atoms with E-state index < -0.39 is 5.41 Å². The molecule has 2 heterocycles. The minimum Gasteiger partial charge on any atom is -0.457 e. The van der Waals surface area contributed by atoms with Crippen molar-refractivity contribution in [2.24, 2.45) is 0 Å². The highest BCUT2D eigenvalue weighted by Gasteiger charge is 2.51. The van der Waals surface area contributed by atoms with Gasteiger partial charge < -0.3 is 4.74 Å². The van der Waals surface area contributed by atoms with Crippen LogP contribution in [-0.4, -0.2) is 9.97 Å². The monoisotopic (exact) mass is 738 g/mol. The van der Waals surface area contributed by atoms with Gasteiger partial charge in [0, 0.05) is 27.8 Å². The van der Waals surface area contributed by atoms with Crippen molar-refractivity contribution in [3.63, 3.8) is 0 Å². The van der Waals surface area contributed by atoms with Crippen molar-refractivity contribution >= 4 is 21.5 Å². The highest BCUT2D eigenvalue weighted by Crippen LogP contribution is 2.62. The van der Waals surface area contributed by atoms with Crippen LogP contribution in [0.1, 0.15) is 22.3 Å². The quantitative estimate of drug-likeness (QED) is 0.169. The van der Waals surface area contributed by atoms with E-state index in [1.165, 1.54) is 49.4 Å². The molecule has 0 fully saturated rings. The Morgan fingerprint density at radius 1 is 0.328 bits per heavy atom. The topological polar surface area (TPSA) is 35.0 Å². The molecule has 270 valence electrons. The molecule has 10 aromatic rings. The van der Waals surface area contributed by atoms with Gasteiger partial charge in [-0.25, -0.2) is 9.97 Å². The van der Waals surface area contributed by atoms with Crippen molar-refractivity contribution in [1.29, 1.82) is 0 Å². The number of nitrogens with zero attached hydrogens (tertiary/aromatic N) is 2. The van der Waals surface area contributed by atoms with Crippen LogP contribution in [0.4, 0.5) is 0 Å². The summed E-state index contributed by atoms with van der Waals surface area (Å²) in [6.07, 6.45) is 0. The van der Waals surface area contributed by atoms with Crippen LogP contribution in [-0.2, 0) is 5.41 Å². The Morgan fingerprint density at radius 3 is 1.69 bits per heavy atom. The molecule has 0 atom stereocenters. The predicted octanol–water partition coefficient (Wildman–Crippen LogP) is 13.9. The lowest BCUT2D eigenvalue weighted by atomic mass is 9.66. The van der Waals surface area contributed by atoms with E-state index in [2.05, 4.69) is 200 Å². The fourth-order valence-corrected chi connectivity index (χ4v) is 9.50. The Hall–Kier alpha value is -7.62. The second kappa shape index (κ2) is 12.7. The van der Waals surface area contributed by atoms with Crippen LogP contribution in [0.5, 0.6) is 11.5 Å². The molecule has 9 aromatic carbocycles. The predicted molar refractivity (Wildman–Crippen MR) is 236 cm³/mol. The van der Waals surface area contributed by atoms with Gasteiger partial charge in [-0.3, -0.25) is 0 Å². The molecule has 1 aromatic heterocycles. The number of hydrogen-bond acceptors (Lipinski definition) is 3. The summed E-state index contributed by atoms with van der Waals surface area (Å²) < 4.78 is 6.68. The van der Waals surface area contributed by atoms with E-state index in [4.69, 9.17) is 14.7 Å². The number of benzene rings is 9. The van der Waals surface area contributed by atoms with E-state index in [0.29, 0.717) is 5.82 Å². The molecule has 3 nitrogen and oxygen atoms in total. The summed E-state index contributed by atoms with van der Waals surface area (Å²) in [6.45, 7) is 0. The number of para-hydroxylation sites is 1. The first-order valence-corrected chi connectivity index (χ1v) is 19.8. The van der Waals surface area contributed by atoms with Crippen LogP contribution in [0.25, 0.3) is 77.7 Å². The maximum absolute atomic E-state index is 6.68. The number of hydrogen-bond donors (Lipinski definition) is 0. The van der Waals surface area contributed by atoms with E-state index in [1.54, 1.807) is 0 Å². The van der Waals surface area contributed by atoms with Crippen LogP contribution in [0.2, 0.25) is 0 Å². The van der Waals surface area contributed by atoms with E-state index in [-0.39, 0.29) is 0 Å². The van der Waals surface area contributed by atoms with Crippen molar-refractivity contribution in [3.8, 4) is 67.7 Å². The molecule has 58 heavy (non-hydrogen) atoms. The van der Waals surface area contributed by atoms with Crippen molar-refractivity contribution < 1.29 is 4.74 Å². The van der Waals surface area contributed by atoms with Gasteiger partial charge in [-0.2, -0.15) is 0 Å². The van der Waals surface area contributed by atoms with Gasteiger partial charge in [0.1, 0.15) is 11.5 Å². The minimum absolute atomic E-state index is 0.509. The molecular weight excluding hydrogens is 705 g/mol.